The van der Waals surface area contributed by atoms with E-state index in [-0.39, 0.29) is 46.2 Å². The summed E-state index contributed by atoms with van der Waals surface area (Å²) in [5, 5.41) is 0. The maximum Gasteiger partial charge on any atom is 1.00 e. The summed E-state index contributed by atoms with van der Waals surface area (Å²) in [6.07, 6.45) is 0. The Balaban J connectivity index is 0. The van der Waals surface area contributed by atoms with E-state index in [0.717, 1.165) is 0 Å². The molecular weight excluding hydrogens is 269 g/mol. The normalized spacial score (nSPS) is 11.5. The molecular formula is C9H15N3NaO4S+. The van der Waals surface area contributed by atoms with E-state index in [9.17, 15) is 13.2 Å². The largest absolute Gasteiger partial charge is 1.00 e. The summed E-state index contributed by atoms with van der Waals surface area (Å²) in [7, 11) is -1.31. The first-order chi connectivity index (χ1) is 7.64. The van der Waals surface area contributed by atoms with Crippen LogP contribution < -0.4 is 45.3 Å². The fourth-order valence-electron chi connectivity index (χ4n) is 1.47. The molecule has 0 heterocycles. The molecule has 9 heteroatoms. The number of nitrogens with two attached hydrogens (primary N) is 1. The topological polar surface area (TPSA) is 109 Å². The van der Waals surface area contributed by atoms with Crippen molar-refractivity contribution in [1.29, 1.82) is 0 Å². The minimum absolute atomic E-state index is 0. The Hall–Kier alpha value is -0.640. The average molecular weight is 284 g/mol. The van der Waals surface area contributed by atoms with Crippen molar-refractivity contribution in [2.24, 2.45) is 5.73 Å². The van der Waals surface area contributed by atoms with Crippen molar-refractivity contribution in [2.75, 3.05) is 14.1 Å². The number of urea groups is 1. The third kappa shape index (κ3) is 4.23. The van der Waals surface area contributed by atoms with Crippen LogP contribution in [0.3, 0.4) is 0 Å². The molecule has 7 nitrogen and oxygen atoms in total. The molecule has 4 N–H and O–H groups in total. The van der Waals surface area contributed by atoms with E-state index < -0.39 is 16.1 Å². The Kier molecular flexibility index (Phi) is 5.79. The third-order valence-electron chi connectivity index (χ3n) is 2.14. The number of carbonyl (C=O) groups is 1. The van der Waals surface area contributed by atoms with E-state index in [1.54, 1.807) is 6.07 Å². The van der Waals surface area contributed by atoms with E-state index in [1.165, 1.54) is 32.3 Å². The quantitative estimate of drug-likeness (QED) is 0.241. The van der Waals surface area contributed by atoms with Crippen molar-refractivity contribution in [3.63, 3.8) is 0 Å². The third-order valence-corrected chi connectivity index (χ3v) is 3.04. The van der Waals surface area contributed by atoms with Gasteiger partial charge >= 0.3 is 45.7 Å². The first-order valence-corrected chi connectivity index (χ1v) is 6.07. The molecule has 18 heavy (non-hydrogen) atoms. The maximum absolute atomic E-state index is 11.2. The molecule has 0 aromatic heterocycles. The number of benzene rings is 1. The second-order valence-corrected chi connectivity index (χ2v) is 5.26. The van der Waals surface area contributed by atoms with Gasteiger partial charge in [0.05, 0.1) is 14.1 Å². The van der Waals surface area contributed by atoms with Gasteiger partial charge in [-0.15, -0.1) is 0 Å². The van der Waals surface area contributed by atoms with Crippen LogP contribution in [0, 0.1) is 0 Å². The summed E-state index contributed by atoms with van der Waals surface area (Å²) in [5.74, 6) is 0. The standard InChI is InChI=1S/C9H13N3O4S.Na.H/c1-12(2,11-9(10)13)7-5-3-4-6-8(7)17(14,15)16;;/h3-6H,1-2H3,(H3-,10,11,13,14,15,16);;/q;+1;-1/p+1. The predicted molar refractivity (Wildman–Crippen MR) is 63.7 cm³/mol. The summed E-state index contributed by atoms with van der Waals surface area (Å²) >= 11 is 0. The van der Waals surface area contributed by atoms with Crippen molar-refractivity contribution in [1.82, 2.24) is 10.0 Å². The van der Waals surface area contributed by atoms with E-state index in [0.29, 0.717) is 0 Å². The number of quaternary nitrogens is 1. The van der Waals surface area contributed by atoms with Crippen LogP contribution in [0.4, 0.5) is 10.5 Å². The molecule has 2 amide bonds. The number of amides is 2. The fraction of sp³-hybridized carbons (Fsp3) is 0.222. The molecule has 96 valence electrons. The Bertz CT molecular complexity index is 550. The molecule has 0 bridgehead atoms. The van der Waals surface area contributed by atoms with Crippen molar-refractivity contribution in [2.45, 2.75) is 4.90 Å². The molecule has 1 rings (SSSR count). The number of hydrogen-bond donors (Lipinski definition) is 3. The van der Waals surface area contributed by atoms with Gasteiger partial charge in [0.25, 0.3) is 0 Å². The van der Waals surface area contributed by atoms with Gasteiger partial charge in [0.2, 0.25) is 0 Å². The fourth-order valence-corrected chi connectivity index (χ4v) is 2.28. The summed E-state index contributed by atoms with van der Waals surface area (Å²) < 4.78 is 31.2. The van der Waals surface area contributed by atoms with E-state index in [4.69, 9.17) is 10.3 Å². The number of carbonyl (C=O) groups excluding carboxylic acids is 1. The molecule has 0 aliphatic carbocycles. The summed E-state index contributed by atoms with van der Waals surface area (Å²) in [6.45, 7) is 0. The Morgan fingerprint density at radius 3 is 2.33 bits per heavy atom. The second kappa shape index (κ2) is 6.00. The minimum Gasteiger partial charge on any atom is -1.00 e. The van der Waals surface area contributed by atoms with E-state index >= 15 is 0 Å². The van der Waals surface area contributed by atoms with Gasteiger partial charge < -0.3 is 7.16 Å². The smallest absolute Gasteiger partial charge is 1.00 e. The van der Waals surface area contributed by atoms with E-state index in [1.807, 2.05) is 0 Å². The molecule has 0 radical (unpaired) electrons. The maximum atomic E-state index is 11.2. The second-order valence-electron chi connectivity index (χ2n) is 3.87. The van der Waals surface area contributed by atoms with Crippen LogP contribution in [0.15, 0.2) is 29.2 Å². The van der Waals surface area contributed by atoms with Gasteiger partial charge in [-0.1, -0.05) is 12.1 Å². The van der Waals surface area contributed by atoms with Gasteiger partial charge in [-0.3, -0.25) is 4.55 Å². The number of hydrogen-bond acceptors (Lipinski definition) is 3. The number of rotatable bonds is 3. The van der Waals surface area contributed by atoms with Crippen LogP contribution in [0.1, 0.15) is 1.43 Å². The van der Waals surface area contributed by atoms with Gasteiger partial charge in [-0.25, -0.2) is 4.79 Å². The van der Waals surface area contributed by atoms with Crippen molar-refractivity contribution >= 4 is 21.8 Å². The molecule has 0 unspecified atom stereocenters. The zero-order valence-corrected chi connectivity index (χ0v) is 13.2. The van der Waals surface area contributed by atoms with Crippen LogP contribution in [-0.2, 0) is 10.1 Å². The van der Waals surface area contributed by atoms with Gasteiger partial charge in [-0.05, 0) is 6.07 Å². The Morgan fingerprint density at radius 1 is 1.39 bits per heavy atom. The van der Waals surface area contributed by atoms with Crippen molar-refractivity contribution in [3.8, 4) is 0 Å². The SMILES string of the molecule is C[N+](C)(NC(N)=O)c1ccccc1S(=O)(=O)O.[H-].[Na+]. The van der Waals surface area contributed by atoms with Gasteiger partial charge in [0, 0.05) is 6.07 Å². The first-order valence-electron chi connectivity index (χ1n) is 4.63. The van der Waals surface area contributed by atoms with Crippen molar-refractivity contribution in [3.05, 3.63) is 24.3 Å². The Morgan fingerprint density at radius 2 is 1.89 bits per heavy atom. The molecule has 0 atom stereocenters. The van der Waals surface area contributed by atoms with Gasteiger partial charge in [0.15, 0.2) is 10.6 Å². The monoisotopic (exact) mass is 284 g/mol. The molecule has 1 aromatic carbocycles. The number of nitrogens with one attached hydrogen (secondary N) is 1. The molecule has 1 aromatic rings. The van der Waals surface area contributed by atoms with E-state index in [2.05, 4.69) is 5.43 Å². The summed E-state index contributed by atoms with van der Waals surface area (Å²) in [5.41, 5.74) is 7.55. The van der Waals surface area contributed by atoms with Crippen LogP contribution in [0.2, 0.25) is 0 Å². The Labute approximate surface area is 129 Å². The summed E-state index contributed by atoms with van der Waals surface area (Å²) in [4.78, 5) is 10.6. The van der Waals surface area contributed by atoms with Crippen molar-refractivity contribution < 1.29 is 48.7 Å². The number of para-hydroxylation sites is 1. The van der Waals surface area contributed by atoms with Crippen LogP contribution in [0.5, 0.6) is 0 Å². The molecule has 0 aliphatic rings. The first kappa shape index (κ1) is 17.4. The molecule has 0 saturated heterocycles. The molecule has 0 aliphatic heterocycles. The van der Waals surface area contributed by atoms with Crippen LogP contribution in [-0.4, -0.2) is 33.1 Å². The van der Waals surface area contributed by atoms with Crippen LogP contribution in [0.25, 0.3) is 0 Å². The predicted octanol–water partition coefficient (Wildman–Crippen LogP) is -2.80. The average Bonchev–Trinajstić information content (AvgIpc) is 2.14. The zero-order valence-electron chi connectivity index (χ0n) is 11.4. The molecule has 0 fully saturated rings. The van der Waals surface area contributed by atoms with Gasteiger partial charge in [-0.2, -0.15) is 18.4 Å². The molecule has 0 saturated carbocycles. The number of nitrogens with zero attached hydrogens (tertiary/aromatic N) is 1. The number of primary amides is 1. The van der Waals surface area contributed by atoms with Gasteiger partial charge in [0.1, 0.15) is 0 Å². The van der Waals surface area contributed by atoms with Crippen LogP contribution >= 0.6 is 0 Å². The summed E-state index contributed by atoms with van der Waals surface area (Å²) in [6, 6.07) is 4.97. The molecule has 0 spiro atoms. The zero-order chi connectivity index (χ0) is 13.3. The minimum atomic E-state index is -4.36.